The third-order valence-corrected chi connectivity index (χ3v) is 5.03. The topological polar surface area (TPSA) is 60.1 Å². The van der Waals surface area contributed by atoms with Gasteiger partial charge in [0.15, 0.2) is 5.65 Å². The SMILES string of the molecule is CN(C)C(=O)Cn1c(=O)n(C)c2ncc(-c3ccc(C(F)F)s3)cc21. The van der Waals surface area contributed by atoms with Gasteiger partial charge in [-0.15, -0.1) is 11.3 Å². The number of halogens is 2. The summed E-state index contributed by atoms with van der Waals surface area (Å²) >= 11 is 0.979. The van der Waals surface area contributed by atoms with Crippen LogP contribution in [-0.2, 0) is 18.4 Å². The van der Waals surface area contributed by atoms with Crippen LogP contribution >= 0.6 is 11.3 Å². The average Bonchev–Trinajstić information content (AvgIpc) is 3.15. The van der Waals surface area contributed by atoms with Crippen molar-refractivity contribution in [3.05, 3.63) is 39.8 Å². The highest BCUT2D eigenvalue weighted by molar-refractivity contribution is 7.15. The lowest BCUT2D eigenvalue weighted by Gasteiger charge is -2.10. The molecule has 0 N–H and O–H groups in total. The van der Waals surface area contributed by atoms with Gasteiger partial charge in [-0.25, -0.2) is 18.6 Å². The first kappa shape index (κ1) is 17.3. The molecule has 3 rings (SSSR count). The van der Waals surface area contributed by atoms with Gasteiger partial charge in [-0.3, -0.25) is 13.9 Å². The molecule has 25 heavy (non-hydrogen) atoms. The van der Waals surface area contributed by atoms with E-state index in [0.29, 0.717) is 21.6 Å². The summed E-state index contributed by atoms with van der Waals surface area (Å²) in [5, 5.41) is 0. The Bertz CT molecular complexity index is 1000. The van der Waals surface area contributed by atoms with Crippen molar-refractivity contribution in [3.63, 3.8) is 0 Å². The molecule has 0 aliphatic heterocycles. The van der Waals surface area contributed by atoms with Crippen LogP contribution in [0.4, 0.5) is 8.78 Å². The second-order valence-electron chi connectivity index (χ2n) is 5.79. The van der Waals surface area contributed by atoms with E-state index in [1.165, 1.54) is 20.1 Å². The number of carbonyl (C=O) groups is 1. The van der Waals surface area contributed by atoms with Gasteiger partial charge in [0.1, 0.15) is 6.54 Å². The summed E-state index contributed by atoms with van der Waals surface area (Å²) in [6.45, 7) is -0.110. The summed E-state index contributed by atoms with van der Waals surface area (Å²) in [5.74, 6) is -0.226. The summed E-state index contributed by atoms with van der Waals surface area (Å²) in [6, 6.07) is 4.68. The molecule has 132 valence electrons. The number of thiophene rings is 1. The lowest BCUT2D eigenvalue weighted by molar-refractivity contribution is -0.129. The first-order chi connectivity index (χ1) is 11.8. The first-order valence-corrected chi connectivity index (χ1v) is 8.25. The maximum atomic E-state index is 12.8. The number of likely N-dealkylation sites (N-methyl/N-ethyl adjacent to an activating group) is 1. The molecule has 0 fully saturated rings. The van der Waals surface area contributed by atoms with E-state index in [-0.39, 0.29) is 23.0 Å². The molecule has 9 heteroatoms. The quantitative estimate of drug-likeness (QED) is 0.713. The molecule has 3 heterocycles. The van der Waals surface area contributed by atoms with Gasteiger partial charge in [0, 0.05) is 37.8 Å². The van der Waals surface area contributed by atoms with Crippen LogP contribution in [0.2, 0.25) is 0 Å². The number of imidazole rings is 1. The number of hydrogen-bond donors (Lipinski definition) is 0. The number of aromatic nitrogens is 3. The number of carbonyl (C=O) groups excluding carboxylic acids is 1. The Hall–Kier alpha value is -2.55. The zero-order valence-electron chi connectivity index (χ0n) is 13.9. The summed E-state index contributed by atoms with van der Waals surface area (Å²) in [6.07, 6.45) is -0.982. The Morgan fingerprint density at radius 2 is 2.08 bits per heavy atom. The van der Waals surface area contributed by atoms with E-state index in [9.17, 15) is 18.4 Å². The number of alkyl halides is 2. The van der Waals surface area contributed by atoms with Gasteiger partial charge in [-0.05, 0) is 18.2 Å². The number of nitrogens with zero attached hydrogens (tertiary/aromatic N) is 4. The minimum atomic E-state index is -2.52. The van der Waals surface area contributed by atoms with Crippen molar-refractivity contribution in [3.8, 4) is 10.4 Å². The lowest BCUT2D eigenvalue weighted by atomic mass is 10.2. The zero-order valence-corrected chi connectivity index (χ0v) is 14.7. The average molecular weight is 366 g/mol. The molecule has 6 nitrogen and oxygen atoms in total. The molecule has 0 bridgehead atoms. The zero-order chi connectivity index (χ0) is 18.3. The van der Waals surface area contributed by atoms with E-state index in [1.54, 1.807) is 39.5 Å². The maximum absolute atomic E-state index is 12.8. The highest BCUT2D eigenvalue weighted by Crippen LogP contribution is 2.34. The number of aryl methyl sites for hydroxylation is 1. The van der Waals surface area contributed by atoms with E-state index < -0.39 is 6.43 Å². The summed E-state index contributed by atoms with van der Waals surface area (Å²) < 4.78 is 28.3. The molecule has 3 aromatic rings. The van der Waals surface area contributed by atoms with Crippen LogP contribution in [0, 0.1) is 0 Å². The number of hydrogen-bond acceptors (Lipinski definition) is 4. The minimum absolute atomic E-state index is 0.0247. The van der Waals surface area contributed by atoms with Crippen LogP contribution in [0.25, 0.3) is 21.6 Å². The van der Waals surface area contributed by atoms with Crippen molar-refractivity contribution in [2.45, 2.75) is 13.0 Å². The molecule has 0 saturated heterocycles. The van der Waals surface area contributed by atoms with Crippen LogP contribution in [0.1, 0.15) is 11.3 Å². The van der Waals surface area contributed by atoms with E-state index in [4.69, 9.17) is 0 Å². The molecular weight excluding hydrogens is 350 g/mol. The number of amides is 1. The van der Waals surface area contributed by atoms with Crippen molar-refractivity contribution < 1.29 is 13.6 Å². The van der Waals surface area contributed by atoms with Crippen LogP contribution in [0.15, 0.2) is 29.2 Å². The molecule has 1 amide bonds. The Morgan fingerprint density at radius 1 is 1.36 bits per heavy atom. The fourth-order valence-electron chi connectivity index (χ4n) is 2.47. The molecule has 0 atom stereocenters. The predicted molar refractivity (Wildman–Crippen MR) is 91.9 cm³/mol. The van der Waals surface area contributed by atoms with Gasteiger partial charge in [0.2, 0.25) is 5.91 Å². The highest BCUT2D eigenvalue weighted by atomic mass is 32.1. The molecule has 0 radical (unpaired) electrons. The van der Waals surface area contributed by atoms with Crippen LogP contribution in [0.5, 0.6) is 0 Å². The summed E-state index contributed by atoms with van der Waals surface area (Å²) in [7, 11) is 4.80. The van der Waals surface area contributed by atoms with Crippen molar-refractivity contribution in [2.75, 3.05) is 14.1 Å². The van der Waals surface area contributed by atoms with E-state index in [0.717, 1.165) is 11.3 Å². The largest absolute Gasteiger partial charge is 0.347 e. The monoisotopic (exact) mass is 366 g/mol. The van der Waals surface area contributed by atoms with Crippen molar-refractivity contribution in [2.24, 2.45) is 7.05 Å². The van der Waals surface area contributed by atoms with E-state index in [1.807, 2.05) is 0 Å². The Morgan fingerprint density at radius 3 is 2.68 bits per heavy atom. The molecule has 0 aromatic carbocycles. The Kier molecular flexibility index (Phi) is 4.42. The smallest absolute Gasteiger partial charge is 0.330 e. The van der Waals surface area contributed by atoms with Crippen LogP contribution in [-0.4, -0.2) is 39.0 Å². The van der Waals surface area contributed by atoms with Crippen molar-refractivity contribution >= 4 is 28.4 Å². The molecule has 0 aliphatic rings. The van der Waals surface area contributed by atoms with E-state index in [2.05, 4.69) is 4.98 Å². The predicted octanol–water partition coefficient (Wildman–Crippen LogP) is 2.49. The van der Waals surface area contributed by atoms with Gasteiger partial charge in [-0.1, -0.05) is 0 Å². The van der Waals surface area contributed by atoms with E-state index >= 15 is 0 Å². The fraction of sp³-hybridized carbons (Fsp3) is 0.312. The Labute approximate surface area is 145 Å². The minimum Gasteiger partial charge on any atom is -0.347 e. The normalized spacial score (nSPS) is 11.4. The fourth-order valence-corrected chi connectivity index (χ4v) is 3.31. The molecule has 0 unspecified atom stereocenters. The maximum Gasteiger partial charge on any atom is 0.330 e. The second-order valence-corrected chi connectivity index (χ2v) is 6.90. The third-order valence-electron chi connectivity index (χ3n) is 3.89. The Balaban J connectivity index is 2.12. The third kappa shape index (κ3) is 3.07. The molecule has 0 saturated carbocycles. The number of fused-ring (bicyclic) bond motifs is 1. The second kappa shape index (κ2) is 6.40. The van der Waals surface area contributed by atoms with Crippen LogP contribution < -0.4 is 5.69 Å². The van der Waals surface area contributed by atoms with Gasteiger partial charge in [0.25, 0.3) is 6.43 Å². The lowest BCUT2D eigenvalue weighted by Crippen LogP contribution is -2.31. The van der Waals surface area contributed by atoms with Crippen molar-refractivity contribution in [1.82, 2.24) is 19.0 Å². The van der Waals surface area contributed by atoms with Crippen molar-refractivity contribution in [1.29, 1.82) is 0 Å². The first-order valence-electron chi connectivity index (χ1n) is 7.43. The van der Waals surface area contributed by atoms with Gasteiger partial charge >= 0.3 is 5.69 Å². The summed E-state index contributed by atoms with van der Waals surface area (Å²) in [4.78, 5) is 30.7. The number of rotatable bonds is 4. The van der Waals surface area contributed by atoms with Crippen LogP contribution in [0.3, 0.4) is 0 Å². The molecule has 3 aromatic heterocycles. The molecular formula is C16H16F2N4O2S. The van der Waals surface area contributed by atoms with Gasteiger partial charge < -0.3 is 4.90 Å². The standard InChI is InChI=1S/C16H16F2N4O2S/c1-20(2)13(23)8-22-10-6-9(7-19-15(10)21(3)16(22)24)11-4-5-12(25-11)14(17)18/h4-7,14H,8H2,1-3H3. The number of pyridine rings is 1. The molecule has 0 aliphatic carbocycles. The van der Waals surface area contributed by atoms with Gasteiger partial charge in [-0.2, -0.15) is 0 Å². The highest BCUT2D eigenvalue weighted by Gasteiger charge is 2.17. The van der Waals surface area contributed by atoms with Gasteiger partial charge in [0.05, 0.1) is 10.4 Å². The molecule has 0 spiro atoms. The summed E-state index contributed by atoms with van der Waals surface area (Å²) in [5.41, 5.74) is 1.20.